The molecule has 2 aromatic heterocycles. The van der Waals surface area contributed by atoms with Crippen molar-refractivity contribution in [2.24, 2.45) is 0 Å². The molecule has 112 valence electrons. The standard InChI is InChI=1S/C16H16N4OS/c1-10-9-14(21)18-16(17-10)22-15-11(2)19-20(12(15)3)13-7-5-4-6-8-13/h4-9H,1-3H3,(H,17,18,21). The fraction of sp³-hybridized carbons (Fsp3) is 0.188. The Morgan fingerprint density at radius 3 is 2.55 bits per heavy atom. The number of aromatic amines is 1. The van der Waals surface area contributed by atoms with Crippen molar-refractivity contribution in [3.05, 3.63) is 63.8 Å². The van der Waals surface area contributed by atoms with Crippen molar-refractivity contribution < 1.29 is 0 Å². The molecule has 5 nitrogen and oxygen atoms in total. The van der Waals surface area contributed by atoms with Crippen molar-refractivity contribution in [3.8, 4) is 5.69 Å². The maximum Gasteiger partial charge on any atom is 0.251 e. The van der Waals surface area contributed by atoms with Gasteiger partial charge in [-0.2, -0.15) is 5.10 Å². The van der Waals surface area contributed by atoms with Gasteiger partial charge in [-0.1, -0.05) is 18.2 Å². The van der Waals surface area contributed by atoms with Crippen LogP contribution in [-0.2, 0) is 0 Å². The summed E-state index contributed by atoms with van der Waals surface area (Å²) in [5.41, 5.74) is 3.52. The lowest BCUT2D eigenvalue weighted by molar-refractivity contribution is 0.832. The zero-order valence-electron chi connectivity index (χ0n) is 12.6. The molecule has 0 aliphatic heterocycles. The number of nitrogens with zero attached hydrogens (tertiary/aromatic N) is 3. The Bertz CT molecular complexity index is 868. The summed E-state index contributed by atoms with van der Waals surface area (Å²) >= 11 is 1.43. The van der Waals surface area contributed by atoms with E-state index in [0.717, 1.165) is 22.0 Å². The van der Waals surface area contributed by atoms with Gasteiger partial charge in [-0.15, -0.1) is 0 Å². The van der Waals surface area contributed by atoms with Gasteiger partial charge in [-0.3, -0.25) is 4.79 Å². The average Bonchev–Trinajstić information content (AvgIpc) is 2.75. The van der Waals surface area contributed by atoms with Crippen LogP contribution in [-0.4, -0.2) is 19.7 Å². The smallest absolute Gasteiger partial charge is 0.251 e. The number of rotatable bonds is 3. The van der Waals surface area contributed by atoms with Gasteiger partial charge < -0.3 is 4.98 Å². The first kappa shape index (κ1) is 14.6. The van der Waals surface area contributed by atoms with Gasteiger partial charge in [-0.25, -0.2) is 9.67 Å². The lowest BCUT2D eigenvalue weighted by Crippen LogP contribution is -2.08. The molecule has 0 aliphatic carbocycles. The molecule has 0 spiro atoms. The van der Waals surface area contributed by atoms with E-state index in [1.807, 2.05) is 55.8 Å². The Morgan fingerprint density at radius 1 is 1.14 bits per heavy atom. The first-order chi connectivity index (χ1) is 10.5. The number of H-pyrrole nitrogens is 1. The monoisotopic (exact) mass is 312 g/mol. The zero-order valence-corrected chi connectivity index (χ0v) is 13.4. The number of nitrogens with one attached hydrogen (secondary N) is 1. The Hall–Kier alpha value is -2.34. The molecule has 3 rings (SSSR count). The van der Waals surface area contributed by atoms with Crippen molar-refractivity contribution in [2.75, 3.05) is 0 Å². The molecule has 0 atom stereocenters. The molecule has 6 heteroatoms. The minimum atomic E-state index is -0.138. The van der Waals surface area contributed by atoms with E-state index in [1.54, 1.807) is 0 Å². The van der Waals surface area contributed by atoms with Gasteiger partial charge in [0.1, 0.15) is 0 Å². The summed E-state index contributed by atoms with van der Waals surface area (Å²) in [6.07, 6.45) is 0. The Kier molecular flexibility index (Phi) is 3.85. The fourth-order valence-electron chi connectivity index (χ4n) is 2.29. The molecule has 2 heterocycles. The molecule has 3 aromatic rings. The van der Waals surface area contributed by atoms with Crippen molar-refractivity contribution in [1.29, 1.82) is 0 Å². The quantitative estimate of drug-likeness (QED) is 0.755. The van der Waals surface area contributed by atoms with Crippen molar-refractivity contribution in [1.82, 2.24) is 19.7 Å². The molecular formula is C16H16N4OS. The van der Waals surface area contributed by atoms with E-state index in [4.69, 9.17) is 0 Å². The Balaban J connectivity index is 2.02. The van der Waals surface area contributed by atoms with Crippen LogP contribution in [0, 0.1) is 20.8 Å². The first-order valence-corrected chi connectivity index (χ1v) is 7.73. The SMILES string of the molecule is Cc1cc(=O)[nH]c(Sc2c(C)nn(-c3ccccc3)c2C)n1. The lowest BCUT2D eigenvalue weighted by atomic mass is 10.3. The molecule has 0 fully saturated rings. The average molecular weight is 312 g/mol. The molecule has 0 aliphatic rings. The molecule has 0 saturated heterocycles. The van der Waals surface area contributed by atoms with Gasteiger partial charge in [0.15, 0.2) is 5.16 Å². The molecule has 0 unspecified atom stereocenters. The van der Waals surface area contributed by atoms with Crippen LogP contribution in [0.15, 0.2) is 51.2 Å². The summed E-state index contributed by atoms with van der Waals surface area (Å²) in [6.45, 7) is 5.79. The van der Waals surface area contributed by atoms with Crippen LogP contribution in [0.2, 0.25) is 0 Å². The third-order valence-corrected chi connectivity index (χ3v) is 4.45. The van der Waals surface area contributed by atoms with Crippen LogP contribution in [0.4, 0.5) is 0 Å². The van der Waals surface area contributed by atoms with Gasteiger partial charge in [0.05, 0.1) is 22.0 Å². The third kappa shape index (κ3) is 2.82. The van der Waals surface area contributed by atoms with E-state index in [9.17, 15) is 4.79 Å². The van der Waals surface area contributed by atoms with Crippen LogP contribution in [0.3, 0.4) is 0 Å². The van der Waals surface area contributed by atoms with Crippen LogP contribution >= 0.6 is 11.8 Å². The van der Waals surface area contributed by atoms with E-state index in [1.165, 1.54) is 17.8 Å². The molecule has 0 bridgehead atoms. The van der Waals surface area contributed by atoms with Gasteiger partial charge >= 0.3 is 0 Å². The second-order valence-corrected chi connectivity index (χ2v) is 6.04. The molecule has 1 N–H and O–H groups in total. The summed E-state index contributed by atoms with van der Waals surface area (Å²) in [4.78, 5) is 19.7. The third-order valence-electron chi connectivity index (χ3n) is 3.27. The second kappa shape index (κ2) is 5.81. The number of aromatic nitrogens is 4. The normalized spacial score (nSPS) is 10.9. The number of benzene rings is 1. The van der Waals surface area contributed by atoms with Crippen molar-refractivity contribution in [3.63, 3.8) is 0 Å². The first-order valence-electron chi connectivity index (χ1n) is 6.92. The summed E-state index contributed by atoms with van der Waals surface area (Å²) in [5.74, 6) is 0. The summed E-state index contributed by atoms with van der Waals surface area (Å²) in [7, 11) is 0. The highest BCUT2D eigenvalue weighted by atomic mass is 32.2. The number of aryl methyl sites for hydroxylation is 2. The number of hydrogen-bond donors (Lipinski definition) is 1. The maximum absolute atomic E-state index is 11.6. The molecule has 1 aromatic carbocycles. The summed E-state index contributed by atoms with van der Waals surface area (Å²) in [5, 5.41) is 5.18. The van der Waals surface area contributed by atoms with Crippen LogP contribution in [0.25, 0.3) is 5.69 Å². The van der Waals surface area contributed by atoms with E-state index in [2.05, 4.69) is 15.1 Å². The minimum Gasteiger partial charge on any atom is -0.301 e. The minimum absolute atomic E-state index is 0.138. The second-order valence-electron chi connectivity index (χ2n) is 5.04. The van der Waals surface area contributed by atoms with E-state index < -0.39 is 0 Å². The van der Waals surface area contributed by atoms with Gasteiger partial charge in [0.25, 0.3) is 5.56 Å². The van der Waals surface area contributed by atoms with Gasteiger partial charge in [-0.05, 0) is 44.7 Å². The highest BCUT2D eigenvalue weighted by Crippen LogP contribution is 2.31. The molecule has 22 heavy (non-hydrogen) atoms. The highest BCUT2D eigenvalue weighted by Gasteiger charge is 2.15. The van der Waals surface area contributed by atoms with Gasteiger partial charge in [0, 0.05) is 11.8 Å². The number of para-hydroxylation sites is 1. The predicted octanol–water partition coefficient (Wildman–Crippen LogP) is 3.03. The van der Waals surface area contributed by atoms with Crippen LogP contribution in [0.5, 0.6) is 0 Å². The Labute approximate surface area is 132 Å². The predicted molar refractivity (Wildman–Crippen MR) is 86.8 cm³/mol. The van der Waals surface area contributed by atoms with Crippen molar-refractivity contribution in [2.45, 2.75) is 30.8 Å². The molecule has 0 saturated carbocycles. The lowest BCUT2D eigenvalue weighted by Gasteiger charge is -2.05. The maximum atomic E-state index is 11.6. The topological polar surface area (TPSA) is 63.6 Å². The van der Waals surface area contributed by atoms with E-state index >= 15 is 0 Å². The van der Waals surface area contributed by atoms with Crippen LogP contribution in [0.1, 0.15) is 17.1 Å². The fourth-order valence-corrected chi connectivity index (χ4v) is 3.25. The molecular weight excluding hydrogens is 296 g/mol. The summed E-state index contributed by atoms with van der Waals surface area (Å²) < 4.78 is 1.91. The van der Waals surface area contributed by atoms with E-state index in [0.29, 0.717) is 10.9 Å². The van der Waals surface area contributed by atoms with Crippen molar-refractivity contribution >= 4 is 11.8 Å². The Morgan fingerprint density at radius 2 is 1.86 bits per heavy atom. The van der Waals surface area contributed by atoms with Crippen LogP contribution < -0.4 is 5.56 Å². The zero-order chi connectivity index (χ0) is 15.7. The highest BCUT2D eigenvalue weighted by molar-refractivity contribution is 7.99. The largest absolute Gasteiger partial charge is 0.301 e. The van der Waals surface area contributed by atoms with E-state index in [-0.39, 0.29) is 5.56 Å². The molecule has 0 amide bonds. The number of hydrogen-bond acceptors (Lipinski definition) is 4. The molecule has 0 radical (unpaired) electrons. The summed E-state index contributed by atoms with van der Waals surface area (Å²) in [6, 6.07) is 11.5. The van der Waals surface area contributed by atoms with Gasteiger partial charge in [0.2, 0.25) is 0 Å².